The lowest BCUT2D eigenvalue weighted by Gasteiger charge is -2.47. The Kier molecular flexibility index (Phi) is 5.25. The van der Waals surface area contributed by atoms with Gasteiger partial charge in [0.2, 0.25) is 0 Å². The number of benzene rings is 1. The number of rotatable bonds is 3. The highest BCUT2D eigenvalue weighted by Crippen LogP contribution is 2.40. The van der Waals surface area contributed by atoms with Crippen LogP contribution >= 0.6 is 0 Å². The molecule has 1 aromatic carbocycles. The summed E-state index contributed by atoms with van der Waals surface area (Å²) in [5, 5.41) is 10.5. The molecule has 1 N–H and O–H groups in total. The smallest absolute Gasteiger partial charge is 0.417 e. The highest BCUT2D eigenvalue weighted by atomic mass is 19.4. The molecule has 2 fully saturated rings. The second-order valence-corrected chi connectivity index (χ2v) is 8.06. The number of ether oxygens (including phenoxy) is 1. The lowest BCUT2D eigenvalue weighted by Crippen LogP contribution is -2.55. The third kappa shape index (κ3) is 4.03. The Bertz CT molecular complexity index is 1020. The summed E-state index contributed by atoms with van der Waals surface area (Å²) >= 11 is 0. The molecule has 4 rings (SSSR count). The lowest BCUT2D eigenvalue weighted by molar-refractivity contribution is -0.145. The SMILES string of the molecule is O=C(COc1ccc2c(C(F)(F)F)cc(=O)oc2c1)N1CC[C@]2(O)CCCC[C@@H]2C1. The Hall–Kier alpha value is -2.55. The second kappa shape index (κ2) is 7.61. The number of hydrogen-bond donors (Lipinski definition) is 1. The van der Waals surface area contributed by atoms with Gasteiger partial charge in [0.15, 0.2) is 6.61 Å². The minimum absolute atomic E-state index is 0.0553. The summed E-state index contributed by atoms with van der Waals surface area (Å²) in [4.78, 5) is 25.7. The van der Waals surface area contributed by atoms with Gasteiger partial charge in [-0.05, 0) is 31.4 Å². The quantitative estimate of drug-likeness (QED) is 0.763. The van der Waals surface area contributed by atoms with E-state index in [1.807, 2.05) is 0 Å². The number of carbonyl (C=O) groups is 1. The zero-order valence-electron chi connectivity index (χ0n) is 16.2. The molecule has 6 nitrogen and oxygen atoms in total. The van der Waals surface area contributed by atoms with E-state index >= 15 is 0 Å². The minimum Gasteiger partial charge on any atom is -0.484 e. The third-order valence-electron chi connectivity index (χ3n) is 6.16. The average Bonchev–Trinajstić information content (AvgIpc) is 2.69. The molecule has 1 aliphatic carbocycles. The Morgan fingerprint density at radius 2 is 2.07 bits per heavy atom. The van der Waals surface area contributed by atoms with Crippen LogP contribution in [0.5, 0.6) is 5.75 Å². The number of likely N-dealkylation sites (tertiary alicyclic amines) is 1. The van der Waals surface area contributed by atoms with E-state index in [1.165, 1.54) is 12.1 Å². The van der Waals surface area contributed by atoms with Crippen molar-refractivity contribution in [1.82, 2.24) is 4.90 Å². The molecule has 0 spiro atoms. The van der Waals surface area contributed by atoms with E-state index in [1.54, 1.807) is 4.90 Å². The monoisotopic (exact) mass is 425 g/mol. The number of hydrogen-bond acceptors (Lipinski definition) is 5. The molecule has 162 valence electrons. The first-order chi connectivity index (χ1) is 14.2. The summed E-state index contributed by atoms with van der Waals surface area (Å²) in [5.41, 5.74) is -3.15. The van der Waals surface area contributed by atoms with Crippen molar-refractivity contribution < 1.29 is 32.2 Å². The van der Waals surface area contributed by atoms with E-state index in [4.69, 9.17) is 9.15 Å². The van der Waals surface area contributed by atoms with Gasteiger partial charge in [-0.25, -0.2) is 4.79 Å². The van der Waals surface area contributed by atoms with Gasteiger partial charge in [0.05, 0.1) is 11.2 Å². The number of halogens is 3. The van der Waals surface area contributed by atoms with Gasteiger partial charge in [-0.15, -0.1) is 0 Å². The van der Waals surface area contributed by atoms with Gasteiger partial charge in [-0.2, -0.15) is 13.2 Å². The van der Waals surface area contributed by atoms with Gasteiger partial charge in [-0.3, -0.25) is 4.79 Å². The molecule has 1 saturated heterocycles. The number of alkyl halides is 3. The van der Waals surface area contributed by atoms with Crippen molar-refractivity contribution in [3.05, 3.63) is 40.2 Å². The number of aliphatic hydroxyl groups is 1. The molecular formula is C21H22F3NO5. The van der Waals surface area contributed by atoms with Crippen molar-refractivity contribution in [2.75, 3.05) is 19.7 Å². The molecule has 2 atom stereocenters. The van der Waals surface area contributed by atoms with E-state index < -0.39 is 23.0 Å². The van der Waals surface area contributed by atoms with Gasteiger partial charge in [0.1, 0.15) is 11.3 Å². The molecule has 2 heterocycles. The van der Waals surface area contributed by atoms with Crippen molar-refractivity contribution in [1.29, 1.82) is 0 Å². The summed E-state index contributed by atoms with van der Waals surface area (Å²) in [5.74, 6) is -0.0718. The Labute approximate surface area is 170 Å². The first-order valence-corrected chi connectivity index (χ1v) is 9.94. The van der Waals surface area contributed by atoms with E-state index in [9.17, 15) is 27.9 Å². The van der Waals surface area contributed by atoms with Crippen molar-refractivity contribution in [2.24, 2.45) is 5.92 Å². The van der Waals surface area contributed by atoms with Crippen LogP contribution in [0.4, 0.5) is 13.2 Å². The molecule has 2 aliphatic rings. The van der Waals surface area contributed by atoms with Crippen LogP contribution in [0.1, 0.15) is 37.7 Å². The molecule has 0 unspecified atom stereocenters. The van der Waals surface area contributed by atoms with Crippen molar-refractivity contribution in [2.45, 2.75) is 43.9 Å². The van der Waals surface area contributed by atoms with Crippen LogP contribution in [-0.4, -0.2) is 41.2 Å². The fourth-order valence-electron chi connectivity index (χ4n) is 4.50. The molecule has 9 heteroatoms. The molecule has 1 aliphatic heterocycles. The Morgan fingerprint density at radius 1 is 1.27 bits per heavy atom. The molecule has 0 bridgehead atoms. The fourth-order valence-corrected chi connectivity index (χ4v) is 4.50. The van der Waals surface area contributed by atoms with Crippen LogP contribution < -0.4 is 10.4 Å². The standard InChI is InChI=1S/C21H22F3NO5/c22-21(23,24)16-10-19(27)30-17-9-14(4-5-15(16)17)29-12-18(26)25-8-7-20(28)6-2-1-3-13(20)11-25/h4-5,9-10,13,28H,1-3,6-8,11-12H2/t13-,20-/m1/s1. The average molecular weight is 425 g/mol. The van der Waals surface area contributed by atoms with Gasteiger partial charge in [0.25, 0.3) is 5.91 Å². The topological polar surface area (TPSA) is 80.0 Å². The van der Waals surface area contributed by atoms with Gasteiger partial charge < -0.3 is 19.2 Å². The predicted molar refractivity (Wildman–Crippen MR) is 101 cm³/mol. The van der Waals surface area contributed by atoms with E-state index in [0.29, 0.717) is 25.6 Å². The van der Waals surface area contributed by atoms with Crippen molar-refractivity contribution in [3.8, 4) is 5.75 Å². The highest BCUT2D eigenvalue weighted by Gasteiger charge is 2.43. The van der Waals surface area contributed by atoms with Gasteiger partial charge >= 0.3 is 11.8 Å². The first-order valence-electron chi connectivity index (χ1n) is 9.94. The van der Waals surface area contributed by atoms with Crippen molar-refractivity contribution in [3.63, 3.8) is 0 Å². The van der Waals surface area contributed by atoms with Crippen LogP contribution in [0, 0.1) is 5.92 Å². The van der Waals surface area contributed by atoms with Crippen LogP contribution in [-0.2, 0) is 11.0 Å². The number of fused-ring (bicyclic) bond motifs is 2. The number of nitrogens with zero attached hydrogens (tertiary/aromatic N) is 1. The summed E-state index contributed by atoms with van der Waals surface area (Å²) in [6.07, 6.45) is -0.483. The van der Waals surface area contributed by atoms with E-state index in [-0.39, 0.29) is 35.2 Å². The van der Waals surface area contributed by atoms with Crippen LogP contribution in [0.2, 0.25) is 0 Å². The molecule has 1 aromatic heterocycles. The van der Waals surface area contributed by atoms with Crippen LogP contribution in [0.3, 0.4) is 0 Å². The van der Waals surface area contributed by atoms with E-state index in [2.05, 4.69) is 0 Å². The zero-order chi connectivity index (χ0) is 21.5. The highest BCUT2D eigenvalue weighted by molar-refractivity contribution is 5.82. The molecule has 30 heavy (non-hydrogen) atoms. The largest absolute Gasteiger partial charge is 0.484 e. The number of piperidine rings is 1. The maximum atomic E-state index is 13.1. The van der Waals surface area contributed by atoms with E-state index in [0.717, 1.165) is 31.7 Å². The minimum atomic E-state index is -4.69. The first kappa shape index (κ1) is 20.7. The van der Waals surface area contributed by atoms with Gasteiger partial charge in [-0.1, -0.05) is 12.8 Å². The maximum absolute atomic E-state index is 13.1. The number of carbonyl (C=O) groups excluding carboxylic acids is 1. The molecular weight excluding hydrogens is 403 g/mol. The second-order valence-electron chi connectivity index (χ2n) is 8.06. The number of amides is 1. The van der Waals surface area contributed by atoms with Crippen LogP contribution in [0.25, 0.3) is 11.0 Å². The Morgan fingerprint density at radius 3 is 2.83 bits per heavy atom. The summed E-state index contributed by atoms with van der Waals surface area (Å²) in [7, 11) is 0. The Balaban J connectivity index is 1.45. The normalized spacial score (nSPS) is 24.5. The molecule has 0 radical (unpaired) electrons. The van der Waals surface area contributed by atoms with Gasteiger partial charge in [0, 0.05) is 36.5 Å². The maximum Gasteiger partial charge on any atom is 0.417 e. The predicted octanol–water partition coefficient (Wildman–Crippen LogP) is 3.34. The molecule has 2 aromatic rings. The molecule has 1 amide bonds. The third-order valence-corrected chi connectivity index (χ3v) is 6.16. The lowest BCUT2D eigenvalue weighted by atomic mass is 9.71. The zero-order valence-corrected chi connectivity index (χ0v) is 16.2. The molecule has 1 saturated carbocycles. The fraction of sp³-hybridized carbons (Fsp3) is 0.524. The summed E-state index contributed by atoms with van der Waals surface area (Å²) in [6, 6.07) is 4.05. The summed E-state index contributed by atoms with van der Waals surface area (Å²) < 4.78 is 49.7. The van der Waals surface area contributed by atoms with Crippen molar-refractivity contribution >= 4 is 16.9 Å². The van der Waals surface area contributed by atoms with Crippen LogP contribution in [0.15, 0.2) is 33.5 Å². The summed E-state index contributed by atoms with van der Waals surface area (Å²) in [6.45, 7) is 0.622.